The zero-order valence-corrected chi connectivity index (χ0v) is 16.6. The third-order valence-electron chi connectivity index (χ3n) is 4.49. The molecule has 5 heteroatoms. The Labute approximate surface area is 165 Å². The molecule has 28 heavy (non-hydrogen) atoms. The van der Waals surface area contributed by atoms with Crippen molar-refractivity contribution < 1.29 is 4.74 Å². The van der Waals surface area contributed by atoms with E-state index in [1.54, 1.807) is 7.11 Å². The molecule has 0 unspecified atom stereocenters. The van der Waals surface area contributed by atoms with Crippen molar-refractivity contribution >= 4 is 11.5 Å². The summed E-state index contributed by atoms with van der Waals surface area (Å²) >= 11 is 0. The van der Waals surface area contributed by atoms with Gasteiger partial charge in [-0.15, -0.1) is 0 Å². The molecule has 0 saturated carbocycles. The van der Waals surface area contributed by atoms with Gasteiger partial charge < -0.3 is 10.1 Å². The number of fused-ring (bicyclic) bond motifs is 1. The minimum Gasteiger partial charge on any atom is -0.497 e. The molecule has 5 nitrogen and oxygen atoms in total. The topological polar surface area (TPSA) is 51.5 Å². The van der Waals surface area contributed by atoms with E-state index in [-0.39, 0.29) is 5.54 Å². The van der Waals surface area contributed by atoms with Crippen molar-refractivity contribution in [2.24, 2.45) is 0 Å². The molecular formula is C23H24N4O. The summed E-state index contributed by atoms with van der Waals surface area (Å²) < 4.78 is 7.42. The monoisotopic (exact) mass is 372 g/mol. The summed E-state index contributed by atoms with van der Waals surface area (Å²) in [6.07, 6.45) is 5.74. The Balaban J connectivity index is 1.89. The summed E-state index contributed by atoms with van der Waals surface area (Å²) in [5.41, 5.74) is 4.99. The Hall–Kier alpha value is -3.34. The highest BCUT2D eigenvalue weighted by molar-refractivity contribution is 5.78. The van der Waals surface area contributed by atoms with Crippen LogP contribution in [0.2, 0.25) is 0 Å². The number of hydrogen-bond acceptors (Lipinski definition) is 4. The largest absolute Gasteiger partial charge is 0.497 e. The molecule has 3 heterocycles. The maximum Gasteiger partial charge on any atom is 0.139 e. The van der Waals surface area contributed by atoms with Crippen molar-refractivity contribution in [1.82, 2.24) is 14.4 Å². The van der Waals surface area contributed by atoms with E-state index in [0.717, 1.165) is 39.6 Å². The lowest BCUT2D eigenvalue weighted by Crippen LogP contribution is -2.27. The maximum absolute atomic E-state index is 5.29. The van der Waals surface area contributed by atoms with Crippen LogP contribution in [0.25, 0.3) is 28.0 Å². The number of benzene rings is 1. The summed E-state index contributed by atoms with van der Waals surface area (Å²) in [7, 11) is 1.67. The van der Waals surface area contributed by atoms with E-state index >= 15 is 0 Å². The van der Waals surface area contributed by atoms with Crippen LogP contribution in [0, 0.1) is 0 Å². The predicted octanol–water partition coefficient (Wildman–Crippen LogP) is 5.28. The van der Waals surface area contributed by atoms with E-state index in [1.807, 2.05) is 48.8 Å². The van der Waals surface area contributed by atoms with E-state index in [0.29, 0.717) is 0 Å². The second kappa shape index (κ2) is 7.00. The Bertz CT molecular complexity index is 1090. The van der Waals surface area contributed by atoms with Gasteiger partial charge in [0, 0.05) is 29.7 Å². The molecule has 4 aromatic rings. The third kappa shape index (κ3) is 3.56. The first-order valence-electron chi connectivity index (χ1n) is 9.30. The molecule has 1 N–H and O–H groups in total. The highest BCUT2D eigenvalue weighted by Crippen LogP contribution is 2.33. The van der Waals surface area contributed by atoms with Crippen LogP contribution in [0.1, 0.15) is 20.8 Å². The van der Waals surface area contributed by atoms with Crippen LogP contribution in [-0.4, -0.2) is 27.0 Å². The molecule has 0 aliphatic rings. The fraction of sp³-hybridized carbons (Fsp3) is 0.217. The second-order valence-electron chi connectivity index (χ2n) is 7.79. The van der Waals surface area contributed by atoms with Gasteiger partial charge in [0.05, 0.1) is 7.11 Å². The van der Waals surface area contributed by atoms with Gasteiger partial charge in [-0.3, -0.25) is 9.38 Å². The van der Waals surface area contributed by atoms with Crippen LogP contribution in [0.15, 0.2) is 67.1 Å². The molecule has 0 amide bonds. The molecule has 0 aliphatic carbocycles. The maximum atomic E-state index is 5.29. The number of imidazole rings is 1. The number of methoxy groups -OCH3 is 1. The molecule has 0 spiro atoms. The summed E-state index contributed by atoms with van der Waals surface area (Å²) in [5.74, 6) is 1.81. The van der Waals surface area contributed by atoms with Crippen LogP contribution in [0.3, 0.4) is 0 Å². The minimum absolute atomic E-state index is 0.107. The van der Waals surface area contributed by atoms with Crippen molar-refractivity contribution in [1.29, 1.82) is 0 Å². The lowest BCUT2D eigenvalue weighted by molar-refractivity contribution is 0.415. The number of anilines is 1. The lowest BCUT2D eigenvalue weighted by atomic mass is 10.1. The average molecular weight is 372 g/mol. The quantitative estimate of drug-likeness (QED) is 0.529. The van der Waals surface area contributed by atoms with Gasteiger partial charge in [0.25, 0.3) is 0 Å². The van der Waals surface area contributed by atoms with Crippen LogP contribution < -0.4 is 10.1 Å². The minimum atomic E-state index is -0.107. The van der Waals surface area contributed by atoms with E-state index in [1.165, 1.54) is 0 Å². The molecule has 1 aromatic carbocycles. The summed E-state index contributed by atoms with van der Waals surface area (Å²) in [6.45, 7) is 6.45. The molecule has 0 bridgehead atoms. The van der Waals surface area contributed by atoms with E-state index in [2.05, 4.69) is 53.8 Å². The number of nitrogens with zero attached hydrogens (tertiary/aromatic N) is 3. The number of rotatable bonds is 4. The molecular weight excluding hydrogens is 348 g/mol. The Morgan fingerprint density at radius 1 is 0.857 bits per heavy atom. The van der Waals surface area contributed by atoms with Gasteiger partial charge in [-0.25, -0.2) is 4.98 Å². The van der Waals surface area contributed by atoms with Crippen molar-refractivity contribution in [3.63, 3.8) is 0 Å². The van der Waals surface area contributed by atoms with Gasteiger partial charge in [-0.2, -0.15) is 0 Å². The number of pyridine rings is 2. The van der Waals surface area contributed by atoms with E-state index in [4.69, 9.17) is 9.72 Å². The van der Waals surface area contributed by atoms with Gasteiger partial charge in [0.1, 0.15) is 22.9 Å². The first-order chi connectivity index (χ1) is 13.4. The van der Waals surface area contributed by atoms with Gasteiger partial charge in [0.2, 0.25) is 0 Å². The first kappa shape index (κ1) is 18.0. The number of ether oxygens (including phenoxy) is 1. The fourth-order valence-corrected chi connectivity index (χ4v) is 3.18. The molecule has 0 atom stereocenters. The van der Waals surface area contributed by atoms with Crippen LogP contribution >= 0.6 is 0 Å². The number of nitrogens with one attached hydrogen (secondary N) is 1. The molecule has 0 fully saturated rings. The van der Waals surface area contributed by atoms with Crippen molar-refractivity contribution in [2.75, 3.05) is 12.4 Å². The van der Waals surface area contributed by atoms with Crippen LogP contribution in [0.5, 0.6) is 5.75 Å². The molecule has 0 radical (unpaired) electrons. The van der Waals surface area contributed by atoms with Crippen LogP contribution in [0.4, 0.5) is 5.82 Å². The van der Waals surface area contributed by atoms with Crippen molar-refractivity contribution in [3.8, 4) is 28.1 Å². The van der Waals surface area contributed by atoms with Gasteiger partial charge >= 0.3 is 0 Å². The SMILES string of the molecule is COc1ccc(-c2nc3ccc(-c4ccncc4)cn3c2NC(C)(C)C)cc1. The van der Waals surface area contributed by atoms with Gasteiger partial charge in [-0.1, -0.05) is 0 Å². The standard InChI is InChI=1S/C23H24N4O/c1-23(2,3)26-22-21(17-5-8-19(28-4)9-6-17)25-20-10-7-18(15-27(20)22)16-11-13-24-14-12-16/h5-15,26H,1-4H3. The average Bonchev–Trinajstić information content (AvgIpc) is 3.05. The highest BCUT2D eigenvalue weighted by atomic mass is 16.5. The lowest BCUT2D eigenvalue weighted by Gasteiger charge is -2.23. The van der Waals surface area contributed by atoms with Gasteiger partial charge in [-0.05, 0) is 80.4 Å². The Morgan fingerprint density at radius 2 is 1.54 bits per heavy atom. The number of aromatic nitrogens is 3. The predicted molar refractivity (Wildman–Crippen MR) is 114 cm³/mol. The van der Waals surface area contributed by atoms with Gasteiger partial charge in [0.15, 0.2) is 0 Å². The summed E-state index contributed by atoms with van der Waals surface area (Å²) in [5, 5.41) is 3.64. The molecule has 142 valence electrons. The second-order valence-corrected chi connectivity index (χ2v) is 7.79. The Kier molecular flexibility index (Phi) is 4.51. The summed E-state index contributed by atoms with van der Waals surface area (Å²) in [6, 6.07) is 16.2. The summed E-state index contributed by atoms with van der Waals surface area (Å²) in [4.78, 5) is 9.02. The van der Waals surface area contributed by atoms with Crippen molar-refractivity contribution in [3.05, 3.63) is 67.1 Å². The molecule has 0 saturated heterocycles. The third-order valence-corrected chi connectivity index (χ3v) is 4.49. The van der Waals surface area contributed by atoms with Crippen LogP contribution in [-0.2, 0) is 0 Å². The molecule has 4 rings (SSSR count). The zero-order valence-electron chi connectivity index (χ0n) is 16.6. The number of hydrogen-bond donors (Lipinski definition) is 1. The zero-order chi connectivity index (χ0) is 19.7. The first-order valence-corrected chi connectivity index (χ1v) is 9.30. The fourth-order valence-electron chi connectivity index (χ4n) is 3.18. The molecule has 0 aliphatic heterocycles. The molecule has 3 aromatic heterocycles. The smallest absolute Gasteiger partial charge is 0.139 e. The normalized spacial score (nSPS) is 11.6. The van der Waals surface area contributed by atoms with E-state index < -0.39 is 0 Å². The van der Waals surface area contributed by atoms with Crippen molar-refractivity contribution in [2.45, 2.75) is 26.3 Å². The van der Waals surface area contributed by atoms with E-state index in [9.17, 15) is 0 Å². The highest BCUT2D eigenvalue weighted by Gasteiger charge is 2.19. The Morgan fingerprint density at radius 3 is 2.18 bits per heavy atom.